The van der Waals surface area contributed by atoms with Crippen LogP contribution in [0.15, 0.2) is 18.2 Å². The van der Waals surface area contributed by atoms with Crippen LogP contribution in [0.5, 0.6) is 5.75 Å². The molecule has 0 radical (unpaired) electrons. The molecule has 0 heterocycles. The molecule has 0 aromatic heterocycles. The summed E-state index contributed by atoms with van der Waals surface area (Å²) < 4.78 is 18.2. The standard InChI is InChI=1S/C13H19FN2O2/c1-4-16(5-2)13(17)9-15-10-6-7-12(18-3)11(14)8-10/h6-8,15H,4-5,9H2,1-3H3. The van der Waals surface area contributed by atoms with Crippen LogP contribution in [0.1, 0.15) is 13.8 Å². The van der Waals surface area contributed by atoms with E-state index in [1.54, 1.807) is 11.0 Å². The zero-order valence-electron chi connectivity index (χ0n) is 11.0. The first-order valence-electron chi connectivity index (χ1n) is 5.97. The van der Waals surface area contributed by atoms with Gasteiger partial charge >= 0.3 is 0 Å². The van der Waals surface area contributed by atoms with Gasteiger partial charge in [-0.2, -0.15) is 0 Å². The molecule has 1 aromatic rings. The number of hydrogen-bond acceptors (Lipinski definition) is 3. The Morgan fingerprint density at radius 1 is 1.39 bits per heavy atom. The second-order valence-corrected chi connectivity index (χ2v) is 3.77. The van der Waals surface area contributed by atoms with Gasteiger partial charge in [0.1, 0.15) is 0 Å². The van der Waals surface area contributed by atoms with E-state index in [2.05, 4.69) is 5.32 Å². The maximum Gasteiger partial charge on any atom is 0.241 e. The predicted molar refractivity (Wildman–Crippen MR) is 69.4 cm³/mol. The number of benzene rings is 1. The molecule has 100 valence electrons. The van der Waals surface area contributed by atoms with Gasteiger partial charge in [-0.1, -0.05) is 0 Å². The van der Waals surface area contributed by atoms with Crippen LogP contribution in [0.4, 0.5) is 10.1 Å². The lowest BCUT2D eigenvalue weighted by Gasteiger charge is -2.19. The van der Waals surface area contributed by atoms with Gasteiger partial charge in [0.2, 0.25) is 5.91 Å². The molecule has 0 aliphatic heterocycles. The zero-order chi connectivity index (χ0) is 13.5. The van der Waals surface area contributed by atoms with E-state index in [1.807, 2.05) is 13.8 Å². The normalized spacial score (nSPS) is 10.0. The Kier molecular flexibility index (Phi) is 5.42. The number of hydrogen-bond donors (Lipinski definition) is 1. The molecule has 0 fully saturated rings. The molecule has 1 rings (SSSR count). The second kappa shape index (κ2) is 6.83. The van der Waals surface area contributed by atoms with Crippen LogP contribution in [-0.2, 0) is 4.79 Å². The highest BCUT2D eigenvalue weighted by molar-refractivity contribution is 5.80. The van der Waals surface area contributed by atoms with Gasteiger partial charge in [-0.3, -0.25) is 4.79 Å². The molecule has 1 aromatic carbocycles. The first kappa shape index (κ1) is 14.3. The highest BCUT2D eigenvalue weighted by atomic mass is 19.1. The molecule has 0 saturated heterocycles. The van der Waals surface area contributed by atoms with E-state index in [4.69, 9.17) is 4.74 Å². The Morgan fingerprint density at radius 2 is 2.06 bits per heavy atom. The number of carbonyl (C=O) groups excluding carboxylic acids is 1. The van der Waals surface area contributed by atoms with Crippen molar-refractivity contribution in [2.24, 2.45) is 0 Å². The molecular formula is C13H19FN2O2. The maximum absolute atomic E-state index is 13.4. The lowest BCUT2D eigenvalue weighted by atomic mass is 10.3. The van der Waals surface area contributed by atoms with Gasteiger partial charge < -0.3 is 15.0 Å². The van der Waals surface area contributed by atoms with Gasteiger partial charge in [-0.15, -0.1) is 0 Å². The van der Waals surface area contributed by atoms with Crippen molar-refractivity contribution in [1.82, 2.24) is 4.90 Å². The smallest absolute Gasteiger partial charge is 0.241 e. The van der Waals surface area contributed by atoms with E-state index < -0.39 is 5.82 Å². The topological polar surface area (TPSA) is 41.6 Å². The van der Waals surface area contributed by atoms with Crippen LogP contribution < -0.4 is 10.1 Å². The summed E-state index contributed by atoms with van der Waals surface area (Å²) in [5.41, 5.74) is 0.564. The quantitative estimate of drug-likeness (QED) is 0.845. The Bertz CT molecular complexity index is 406. The van der Waals surface area contributed by atoms with E-state index in [0.29, 0.717) is 18.8 Å². The Balaban J connectivity index is 2.58. The summed E-state index contributed by atoms with van der Waals surface area (Å²) in [6.07, 6.45) is 0. The van der Waals surface area contributed by atoms with Crippen molar-refractivity contribution in [1.29, 1.82) is 0 Å². The third kappa shape index (κ3) is 3.61. The third-order valence-electron chi connectivity index (χ3n) is 2.71. The van der Waals surface area contributed by atoms with Gasteiger partial charge in [0.25, 0.3) is 0 Å². The number of halogens is 1. The largest absolute Gasteiger partial charge is 0.494 e. The van der Waals surface area contributed by atoms with E-state index >= 15 is 0 Å². The van der Waals surface area contributed by atoms with Gasteiger partial charge in [0.15, 0.2) is 11.6 Å². The fraction of sp³-hybridized carbons (Fsp3) is 0.462. The zero-order valence-corrected chi connectivity index (χ0v) is 11.0. The molecular weight excluding hydrogens is 235 g/mol. The summed E-state index contributed by atoms with van der Waals surface area (Å²) in [6.45, 7) is 5.36. The molecule has 5 heteroatoms. The minimum atomic E-state index is -0.446. The Hall–Kier alpha value is -1.78. The number of ether oxygens (including phenoxy) is 1. The molecule has 0 atom stereocenters. The van der Waals surface area contributed by atoms with Crippen LogP contribution in [0.2, 0.25) is 0 Å². The van der Waals surface area contributed by atoms with Crippen molar-refractivity contribution in [3.63, 3.8) is 0 Å². The number of anilines is 1. The summed E-state index contributed by atoms with van der Waals surface area (Å²) in [5.74, 6) is -0.260. The lowest BCUT2D eigenvalue weighted by molar-refractivity contribution is -0.128. The van der Waals surface area contributed by atoms with E-state index in [-0.39, 0.29) is 18.2 Å². The average Bonchev–Trinajstić information content (AvgIpc) is 2.38. The van der Waals surface area contributed by atoms with Crippen LogP contribution in [0, 0.1) is 5.82 Å². The predicted octanol–water partition coefficient (Wildman–Crippen LogP) is 2.11. The number of likely N-dealkylation sites (N-methyl/N-ethyl adjacent to an activating group) is 1. The van der Waals surface area contributed by atoms with Crippen molar-refractivity contribution in [3.05, 3.63) is 24.0 Å². The number of nitrogens with zero attached hydrogens (tertiary/aromatic N) is 1. The Morgan fingerprint density at radius 3 is 2.56 bits per heavy atom. The van der Waals surface area contributed by atoms with Crippen LogP contribution in [-0.4, -0.2) is 37.6 Å². The van der Waals surface area contributed by atoms with Crippen molar-refractivity contribution in [2.45, 2.75) is 13.8 Å². The molecule has 0 aliphatic carbocycles. The van der Waals surface area contributed by atoms with Gasteiger partial charge in [-0.25, -0.2) is 4.39 Å². The maximum atomic E-state index is 13.4. The average molecular weight is 254 g/mol. The fourth-order valence-corrected chi connectivity index (χ4v) is 1.64. The molecule has 0 bridgehead atoms. The summed E-state index contributed by atoms with van der Waals surface area (Å²) in [7, 11) is 1.41. The van der Waals surface area contributed by atoms with Crippen molar-refractivity contribution < 1.29 is 13.9 Å². The highest BCUT2D eigenvalue weighted by Crippen LogP contribution is 2.20. The molecule has 4 nitrogen and oxygen atoms in total. The molecule has 18 heavy (non-hydrogen) atoms. The number of methoxy groups -OCH3 is 1. The molecule has 0 spiro atoms. The summed E-state index contributed by atoms with van der Waals surface area (Å²) in [4.78, 5) is 13.4. The van der Waals surface area contributed by atoms with Crippen LogP contribution >= 0.6 is 0 Å². The molecule has 0 aliphatic rings. The molecule has 1 amide bonds. The number of amides is 1. The minimum Gasteiger partial charge on any atom is -0.494 e. The van der Waals surface area contributed by atoms with Gasteiger partial charge in [0.05, 0.1) is 13.7 Å². The third-order valence-corrected chi connectivity index (χ3v) is 2.71. The second-order valence-electron chi connectivity index (χ2n) is 3.77. The van der Waals surface area contributed by atoms with Crippen LogP contribution in [0.25, 0.3) is 0 Å². The van der Waals surface area contributed by atoms with Crippen LogP contribution in [0.3, 0.4) is 0 Å². The Labute approximate surface area is 107 Å². The number of rotatable bonds is 6. The number of carbonyl (C=O) groups is 1. The van der Waals surface area contributed by atoms with E-state index in [1.165, 1.54) is 19.2 Å². The van der Waals surface area contributed by atoms with Crippen molar-refractivity contribution in [3.8, 4) is 5.75 Å². The monoisotopic (exact) mass is 254 g/mol. The SMILES string of the molecule is CCN(CC)C(=O)CNc1ccc(OC)c(F)c1. The molecule has 0 saturated carbocycles. The molecule has 1 N–H and O–H groups in total. The lowest BCUT2D eigenvalue weighted by Crippen LogP contribution is -2.35. The summed E-state index contributed by atoms with van der Waals surface area (Å²) in [5, 5.41) is 2.90. The van der Waals surface area contributed by atoms with E-state index in [0.717, 1.165) is 0 Å². The summed E-state index contributed by atoms with van der Waals surface area (Å²) in [6, 6.07) is 4.52. The number of nitrogens with one attached hydrogen (secondary N) is 1. The highest BCUT2D eigenvalue weighted by Gasteiger charge is 2.09. The first-order chi connectivity index (χ1) is 8.62. The molecule has 0 unspecified atom stereocenters. The minimum absolute atomic E-state index is 0.00349. The first-order valence-corrected chi connectivity index (χ1v) is 5.97. The van der Waals surface area contributed by atoms with Crippen molar-refractivity contribution in [2.75, 3.05) is 32.1 Å². The summed E-state index contributed by atoms with van der Waals surface area (Å²) >= 11 is 0. The van der Waals surface area contributed by atoms with Crippen molar-refractivity contribution >= 4 is 11.6 Å². The fourth-order valence-electron chi connectivity index (χ4n) is 1.64. The van der Waals surface area contributed by atoms with Gasteiger partial charge in [-0.05, 0) is 26.0 Å². The van der Waals surface area contributed by atoms with E-state index in [9.17, 15) is 9.18 Å². The van der Waals surface area contributed by atoms with Gasteiger partial charge in [0, 0.05) is 24.8 Å².